The van der Waals surface area contributed by atoms with Gasteiger partial charge in [-0.15, -0.1) is 0 Å². The predicted octanol–water partition coefficient (Wildman–Crippen LogP) is 3.25. The Balaban J connectivity index is 4.59. The third kappa shape index (κ3) is 14.5. The minimum atomic E-state index is -5.47. The second-order valence-corrected chi connectivity index (χ2v) is 12.3. The van der Waals surface area contributed by atoms with E-state index in [9.17, 15) is 46.8 Å². The minimum absolute atomic E-state index is 0.0857. The first-order valence-corrected chi connectivity index (χ1v) is 16.5. The number of amides is 1. The van der Waals surface area contributed by atoms with E-state index in [1.165, 1.54) is 64.2 Å². The molecular weight excluding hydrogens is 606 g/mol. The molecule has 254 valence electrons. The van der Waals surface area contributed by atoms with Crippen LogP contribution >= 0.6 is 0 Å². The van der Waals surface area contributed by atoms with Gasteiger partial charge < -0.3 is 30.5 Å². The summed E-state index contributed by atoms with van der Waals surface area (Å²) in [5.74, 6) is -14.1. The van der Waals surface area contributed by atoms with E-state index in [2.05, 4.69) is 17.0 Å². The fraction of sp³-hybridized carbons (Fsp3) is 0.786. The molecule has 6 N–H and O–H groups in total. The van der Waals surface area contributed by atoms with Gasteiger partial charge in [0.1, 0.15) is 0 Å². The smallest absolute Gasteiger partial charge is 0.347 e. The molecule has 0 heterocycles. The molecule has 0 aromatic rings. The molecule has 0 aromatic heterocycles. The summed E-state index contributed by atoms with van der Waals surface area (Å²) >= 11 is 0. The molecule has 0 rings (SSSR count). The van der Waals surface area contributed by atoms with Gasteiger partial charge in [0.15, 0.2) is 5.25 Å². The zero-order valence-corrected chi connectivity index (χ0v) is 26.0. The second kappa shape index (κ2) is 21.4. The Morgan fingerprint density at radius 2 is 1.02 bits per heavy atom. The molecular formula is C28H47NO14S. The van der Waals surface area contributed by atoms with Gasteiger partial charge >= 0.3 is 35.3 Å². The Kier molecular flexibility index (Phi) is 19.8. The lowest BCUT2D eigenvalue weighted by atomic mass is 9.81. The lowest BCUT2D eigenvalue weighted by Crippen LogP contribution is -2.59. The van der Waals surface area contributed by atoms with E-state index >= 15 is 0 Å². The van der Waals surface area contributed by atoms with Crippen LogP contribution in [0.1, 0.15) is 116 Å². The number of ether oxygens (including phenoxy) is 1. The number of hydrogen-bond donors (Lipinski definition) is 6. The third-order valence-electron chi connectivity index (χ3n) is 7.21. The van der Waals surface area contributed by atoms with E-state index in [0.29, 0.717) is 6.42 Å². The lowest BCUT2D eigenvalue weighted by Gasteiger charge is -2.27. The molecule has 0 fully saturated rings. The van der Waals surface area contributed by atoms with Gasteiger partial charge in [-0.25, -0.2) is 4.79 Å². The van der Waals surface area contributed by atoms with E-state index in [0.717, 1.165) is 32.1 Å². The number of aliphatic carboxylic acids is 4. The van der Waals surface area contributed by atoms with Crippen LogP contribution in [0.3, 0.4) is 0 Å². The van der Waals surface area contributed by atoms with Gasteiger partial charge in [-0.05, 0) is 6.42 Å². The standard InChI is InChI=1S/C28H47NO14S/c1-2-3-4-5-6-7-8-9-10-11-12-13-14-15-16-17-18-29-21(30)19-20(44(40,41)42)24(33)43-22(23(31)32)28(25(34)35,26(36)37)27(38)39/h20,22H,2-19H2,1H3,(H,29,30)(H,31,32)(H,34,35)(H,36,37)(H,38,39)(H,40,41,42). The number of carbonyl (C=O) groups excluding carboxylic acids is 2. The van der Waals surface area contributed by atoms with Crippen LogP contribution in [0.5, 0.6) is 0 Å². The molecule has 2 unspecified atom stereocenters. The molecule has 15 nitrogen and oxygen atoms in total. The molecule has 0 aliphatic heterocycles. The Hall–Kier alpha value is -3.27. The van der Waals surface area contributed by atoms with Crippen molar-refractivity contribution in [2.75, 3.05) is 6.54 Å². The largest absolute Gasteiger partial charge is 0.480 e. The number of rotatable bonds is 27. The second-order valence-electron chi connectivity index (χ2n) is 10.7. The van der Waals surface area contributed by atoms with Crippen LogP contribution in [0, 0.1) is 5.41 Å². The molecule has 0 aromatic carbocycles. The molecule has 0 aliphatic carbocycles. The van der Waals surface area contributed by atoms with E-state index in [1.54, 1.807) is 0 Å². The number of carboxylic acids is 4. The molecule has 16 heteroatoms. The van der Waals surface area contributed by atoms with Gasteiger partial charge in [0.05, 0.1) is 6.42 Å². The normalized spacial score (nSPS) is 13.0. The first-order valence-electron chi connectivity index (χ1n) is 15.0. The topological polar surface area (TPSA) is 259 Å². The SMILES string of the molecule is CCCCCCCCCCCCCCCCCCNC(=O)CC(C(=O)OC(C(=O)O)C(C(=O)O)(C(=O)O)C(=O)O)S(=O)(=O)O. The van der Waals surface area contributed by atoms with Crippen molar-refractivity contribution in [3.8, 4) is 0 Å². The van der Waals surface area contributed by atoms with Crippen LogP contribution in [0.25, 0.3) is 0 Å². The summed E-state index contributed by atoms with van der Waals surface area (Å²) in [4.78, 5) is 70.5. The maximum atomic E-state index is 12.4. The van der Waals surface area contributed by atoms with Gasteiger partial charge in [-0.2, -0.15) is 8.42 Å². The fourth-order valence-corrected chi connectivity index (χ4v) is 5.24. The number of carbonyl (C=O) groups is 6. The van der Waals surface area contributed by atoms with Crippen molar-refractivity contribution in [2.45, 2.75) is 127 Å². The van der Waals surface area contributed by atoms with Crippen molar-refractivity contribution in [3.05, 3.63) is 0 Å². The highest BCUT2D eigenvalue weighted by molar-refractivity contribution is 7.87. The van der Waals surface area contributed by atoms with Crippen LogP contribution in [0.4, 0.5) is 0 Å². The van der Waals surface area contributed by atoms with Gasteiger partial charge in [0.25, 0.3) is 10.1 Å². The summed E-state index contributed by atoms with van der Waals surface area (Å²) < 4.78 is 37.0. The van der Waals surface area contributed by atoms with Crippen LogP contribution in [0.15, 0.2) is 0 Å². The molecule has 0 bridgehead atoms. The zero-order chi connectivity index (χ0) is 33.8. The van der Waals surface area contributed by atoms with Crippen molar-refractivity contribution >= 4 is 45.9 Å². The molecule has 0 spiro atoms. The van der Waals surface area contributed by atoms with E-state index in [-0.39, 0.29) is 6.54 Å². The summed E-state index contributed by atoms with van der Waals surface area (Å²) in [6.45, 7) is 2.30. The predicted molar refractivity (Wildman–Crippen MR) is 155 cm³/mol. The lowest BCUT2D eigenvalue weighted by molar-refractivity contribution is -0.197. The van der Waals surface area contributed by atoms with Gasteiger partial charge in [-0.3, -0.25) is 28.5 Å². The van der Waals surface area contributed by atoms with Crippen molar-refractivity contribution in [1.29, 1.82) is 0 Å². The Morgan fingerprint density at radius 3 is 1.34 bits per heavy atom. The highest BCUT2D eigenvalue weighted by atomic mass is 32.2. The summed E-state index contributed by atoms with van der Waals surface area (Å²) in [6.07, 6.45) is 13.5. The van der Waals surface area contributed by atoms with Crippen molar-refractivity contribution in [3.63, 3.8) is 0 Å². The fourth-order valence-electron chi connectivity index (χ4n) is 4.58. The van der Waals surface area contributed by atoms with Crippen molar-refractivity contribution in [2.24, 2.45) is 5.41 Å². The number of unbranched alkanes of at least 4 members (excludes halogenated alkanes) is 15. The van der Waals surface area contributed by atoms with E-state index < -0.39 is 69.1 Å². The first-order chi connectivity index (χ1) is 20.6. The number of nitrogens with one attached hydrogen (secondary N) is 1. The first kappa shape index (κ1) is 40.7. The highest BCUT2D eigenvalue weighted by Gasteiger charge is 2.66. The number of carboxylic acid groups (broad SMARTS) is 4. The average Bonchev–Trinajstić information content (AvgIpc) is 2.91. The summed E-state index contributed by atoms with van der Waals surface area (Å²) in [5, 5.41) is 36.3. The molecule has 0 aliphatic rings. The molecule has 2 atom stereocenters. The Labute approximate surface area is 257 Å². The number of esters is 1. The summed E-state index contributed by atoms with van der Waals surface area (Å²) in [6, 6.07) is 0. The minimum Gasteiger partial charge on any atom is -0.480 e. The van der Waals surface area contributed by atoms with Crippen molar-refractivity contribution in [1.82, 2.24) is 5.32 Å². The van der Waals surface area contributed by atoms with E-state index in [4.69, 9.17) is 15.3 Å². The van der Waals surface area contributed by atoms with Crippen LogP contribution < -0.4 is 5.32 Å². The highest BCUT2D eigenvalue weighted by Crippen LogP contribution is 2.28. The maximum Gasteiger partial charge on any atom is 0.347 e. The average molecular weight is 654 g/mol. The Morgan fingerprint density at radius 1 is 0.659 bits per heavy atom. The summed E-state index contributed by atoms with van der Waals surface area (Å²) in [7, 11) is -5.47. The molecule has 0 saturated carbocycles. The summed E-state index contributed by atoms with van der Waals surface area (Å²) in [5.41, 5.74) is -4.26. The third-order valence-corrected chi connectivity index (χ3v) is 8.29. The maximum absolute atomic E-state index is 12.4. The van der Waals surface area contributed by atoms with Crippen LogP contribution in [0.2, 0.25) is 0 Å². The molecule has 1 amide bonds. The van der Waals surface area contributed by atoms with Crippen molar-refractivity contribution < 1.29 is 66.9 Å². The zero-order valence-electron chi connectivity index (χ0n) is 25.2. The van der Waals surface area contributed by atoms with Crippen LogP contribution in [-0.2, 0) is 43.6 Å². The van der Waals surface area contributed by atoms with Gasteiger partial charge in [0, 0.05) is 6.54 Å². The van der Waals surface area contributed by atoms with E-state index in [1.807, 2.05) is 0 Å². The van der Waals surface area contributed by atoms with Crippen LogP contribution in [-0.4, -0.2) is 87.0 Å². The quantitative estimate of drug-likeness (QED) is 0.0322. The molecule has 0 radical (unpaired) electrons. The van der Waals surface area contributed by atoms with Gasteiger partial charge in [0.2, 0.25) is 12.0 Å². The monoisotopic (exact) mass is 653 g/mol. The Bertz CT molecular complexity index is 1020. The molecule has 44 heavy (non-hydrogen) atoms. The molecule has 0 saturated heterocycles. The van der Waals surface area contributed by atoms with Gasteiger partial charge in [-0.1, -0.05) is 103 Å². The number of hydrogen-bond acceptors (Lipinski definition) is 9.